The number of nitriles is 1. The summed E-state index contributed by atoms with van der Waals surface area (Å²) in [6.45, 7) is 5.00. The highest BCUT2D eigenvalue weighted by atomic mass is 16.5. The molecule has 0 unspecified atom stereocenters. The van der Waals surface area contributed by atoms with Crippen molar-refractivity contribution in [1.82, 2.24) is 19.4 Å². The molecule has 0 atom stereocenters. The first-order valence-electron chi connectivity index (χ1n) is 13.1. The largest absolute Gasteiger partial charge is 0.501 e. The Hall–Kier alpha value is -4.17. The van der Waals surface area contributed by atoms with E-state index in [2.05, 4.69) is 20.9 Å². The summed E-state index contributed by atoms with van der Waals surface area (Å²) >= 11 is 0. The molecular formula is C28H27B3N6O4. The summed E-state index contributed by atoms with van der Waals surface area (Å²) < 4.78 is 18.8. The number of ether oxygens (including phenoxy) is 3. The summed E-state index contributed by atoms with van der Waals surface area (Å²) in [5.41, 5.74) is 1.49. The quantitative estimate of drug-likeness (QED) is 0.317. The Morgan fingerprint density at radius 2 is 1.78 bits per heavy atom. The van der Waals surface area contributed by atoms with E-state index in [1.54, 1.807) is 48.8 Å². The second kappa shape index (κ2) is 11.4. The molecule has 1 aliphatic heterocycles. The fourth-order valence-electron chi connectivity index (χ4n) is 4.52. The van der Waals surface area contributed by atoms with Crippen molar-refractivity contribution in [1.29, 1.82) is 5.26 Å². The lowest BCUT2D eigenvalue weighted by molar-refractivity contribution is 0.0285. The summed E-state index contributed by atoms with van der Waals surface area (Å²) in [7, 11) is 16.3. The average molecular weight is 544 g/mol. The van der Waals surface area contributed by atoms with Crippen LogP contribution < -0.4 is 19.1 Å². The van der Waals surface area contributed by atoms with Crippen LogP contribution in [-0.4, -0.2) is 84.7 Å². The first-order chi connectivity index (χ1) is 19.5. The summed E-state index contributed by atoms with van der Waals surface area (Å²) in [4.78, 5) is 15.4. The molecule has 0 saturated carbocycles. The van der Waals surface area contributed by atoms with E-state index < -0.39 is 10.9 Å². The molecule has 5 rings (SSSR count). The molecule has 1 N–H and O–H groups in total. The summed E-state index contributed by atoms with van der Waals surface area (Å²) in [5, 5.41) is 17.9. The maximum absolute atomic E-state index is 10.1. The van der Waals surface area contributed by atoms with Crippen LogP contribution >= 0.6 is 0 Å². The number of hydrogen-bond acceptors (Lipinski definition) is 9. The Morgan fingerprint density at radius 1 is 1.00 bits per heavy atom. The lowest BCUT2D eigenvalue weighted by Gasteiger charge is -2.33. The number of nitrogens with zero attached hydrogens (tertiary/aromatic N) is 6. The van der Waals surface area contributed by atoms with E-state index in [0.29, 0.717) is 28.5 Å². The minimum Gasteiger partial charge on any atom is -0.501 e. The van der Waals surface area contributed by atoms with Gasteiger partial charge in [0.15, 0.2) is 0 Å². The van der Waals surface area contributed by atoms with E-state index in [-0.39, 0.29) is 18.6 Å². The highest BCUT2D eigenvalue weighted by molar-refractivity contribution is 6.58. The molecule has 0 amide bonds. The maximum atomic E-state index is 10.1. The van der Waals surface area contributed by atoms with Crippen LogP contribution in [-0.2, 0) is 0 Å². The highest BCUT2D eigenvalue weighted by Crippen LogP contribution is 2.30. The van der Waals surface area contributed by atoms with E-state index in [4.69, 9.17) is 42.7 Å². The molecule has 1 aliphatic rings. The average Bonchev–Trinajstić information content (AvgIpc) is 3.35. The number of pyridine rings is 3. The van der Waals surface area contributed by atoms with Crippen molar-refractivity contribution in [2.45, 2.75) is 43.7 Å². The number of imidazole rings is 1. The molecule has 0 aliphatic carbocycles. The van der Waals surface area contributed by atoms with Gasteiger partial charge in [-0.05, 0) is 37.3 Å². The smallest absolute Gasteiger partial charge is 0.211 e. The number of fused-ring (bicyclic) bond motifs is 1. The Bertz CT molecular complexity index is 1540. The standard InChI is InChI=1S/C28H27B3N6O4/c1-27(2,38)17-39-22-11-23(37-19(13-32)15-34-25(37)12-22)18-3-5-24(33-14-18)36-9-7-20(8-10-36)40-21-4-6-26(35-16-21)41-28(29,30)31/h3-6,11-12,14-16,20,38H,7-10,17H2,1-2H3. The van der Waals surface area contributed by atoms with Crippen LogP contribution in [0, 0.1) is 11.3 Å². The van der Waals surface area contributed by atoms with Crippen molar-refractivity contribution < 1.29 is 19.3 Å². The van der Waals surface area contributed by atoms with Crippen molar-refractivity contribution >= 4 is 35.0 Å². The molecule has 202 valence electrons. The van der Waals surface area contributed by atoms with Gasteiger partial charge >= 0.3 is 0 Å². The predicted molar refractivity (Wildman–Crippen MR) is 156 cm³/mol. The van der Waals surface area contributed by atoms with Crippen LogP contribution in [0.1, 0.15) is 32.4 Å². The molecule has 0 spiro atoms. The van der Waals surface area contributed by atoms with Crippen LogP contribution in [0.5, 0.6) is 17.4 Å². The van der Waals surface area contributed by atoms with E-state index >= 15 is 0 Å². The van der Waals surface area contributed by atoms with Crippen LogP contribution in [0.25, 0.3) is 16.9 Å². The number of piperidine rings is 1. The van der Waals surface area contributed by atoms with Gasteiger partial charge in [-0.15, -0.1) is 0 Å². The molecule has 1 saturated heterocycles. The molecule has 1 fully saturated rings. The molecule has 13 heteroatoms. The lowest BCUT2D eigenvalue weighted by atomic mass is 9.52. The zero-order valence-corrected chi connectivity index (χ0v) is 22.9. The lowest BCUT2D eigenvalue weighted by Crippen LogP contribution is -2.38. The van der Waals surface area contributed by atoms with E-state index in [0.717, 1.165) is 37.3 Å². The second-order valence-corrected chi connectivity index (χ2v) is 10.6. The SMILES string of the molecule is [B]C([B])([B])Oc1ccc(OC2CCN(c3ccc(-c4cc(OCC(C)(C)O)cc5ncc(C#N)n45)cn3)CC2)cn1. The van der Waals surface area contributed by atoms with Crippen molar-refractivity contribution in [3.63, 3.8) is 0 Å². The maximum Gasteiger partial charge on any atom is 0.211 e. The zero-order chi connectivity index (χ0) is 29.2. The fraction of sp³-hybridized carbons (Fsp3) is 0.357. The molecule has 4 aromatic heterocycles. The molecule has 10 nitrogen and oxygen atoms in total. The first kappa shape index (κ1) is 28.4. The third-order valence-electron chi connectivity index (χ3n) is 6.39. The third kappa shape index (κ3) is 7.13. The van der Waals surface area contributed by atoms with Gasteiger partial charge in [0.1, 0.15) is 71.0 Å². The molecule has 0 bridgehead atoms. The molecular weight excluding hydrogens is 517 g/mol. The van der Waals surface area contributed by atoms with Gasteiger partial charge < -0.3 is 24.2 Å². The van der Waals surface area contributed by atoms with E-state index in [1.807, 2.05) is 18.2 Å². The van der Waals surface area contributed by atoms with E-state index in [1.165, 1.54) is 6.20 Å². The molecule has 4 aromatic rings. The number of aliphatic hydroxyl groups is 1. The van der Waals surface area contributed by atoms with Crippen LogP contribution in [0.15, 0.2) is 55.0 Å². The van der Waals surface area contributed by atoms with Gasteiger partial charge in [-0.25, -0.2) is 15.0 Å². The van der Waals surface area contributed by atoms with Crippen LogP contribution in [0.3, 0.4) is 0 Å². The molecule has 5 heterocycles. The van der Waals surface area contributed by atoms with Gasteiger partial charge in [0, 0.05) is 55.9 Å². The first-order valence-corrected chi connectivity index (χ1v) is 13.1. The topological polar surface area (TPSA) is 118 Å². The third-order valence-corrected chi connectivity index (χ3v) is 6.39. The summed E-state index contributed by atoms with van der Waals surface area (Å²) in [5.74, 6) is 2.21. The second-order valence-electron chi connectivity index (χ2n) is 10.6. The normalized spacial score (nSPS) is 14.5. The number of hydrogen-bond donors (Lipinski definition) is 1. The number of rotatable bonds is 9. The molecule has 0 aromatic carbocycles. The minimum atomic E-state index is -1.80. The highest BCUT2D eigenvalue weighted by Gasteiger charge is 2.23. The Morgan fingerprint density at radius 3 is 2.39 bits per heavy atom. The number of aromatic nitrogens is 4. The Balaban J connectivity index is 1.25. The van der Waals surface area contributed by atoms with E-state index in [9.17, 15) is 10.4 Å². The van der Waals surface area contributed by atoms with Gasteiger partial charge in [0.2, 0.25) is 5.88 Å². The van der Waals surface area contributed by atoms with Crippen molar-refractivity contribution in [3.05, 3.63) is 60.7 Å². The van der Waals surface area contributed by atoms with Gasteiger partial charge in [-0.3, -0.25) is 4.40 Å². The van der Waals surface area contributed by atoms with Gasteiger partial charge in [0.05, 0.1) is 23.7 Å². The van der Waals surface area contributed by atoms with Gasteiger partial charge in [-0.2, -0.15) is 5.26 Å². The van der Waals surface area contributed by atoms with Crippen molar-refractivity contribution in [2.75, 3.05) is 24.6 Å². The summed E-state index contributed by atoms with van der Waals surface area (Å²) in [6.07, 6.45) is 6.49. The zero-order valence-electron chi connectivity index (χ0n) is 22.9. The monoisotopic (exact) mass is 544 g/mol. The van der Waals surface area contributed by atoms with Crippen LogP contribution in [0.2, 0.25) is 0 Å². The van der Waals surface area contributed by atoms with Crippen molar-refractivity contribution in [2.24, 2.45) is 0 Å². The van der Waals surface area contributed by atoms with Gasteiger partial charge in [0.25, 0.3) is 0 Å². The minimum absolute atomic E-state index is 0.0299. The molecule has 41 heavy (non-hydrogen) atoms. The van der Waals surface area contributed by atoms with Crippen molar-refractivity contribution in [3.8, 4) is 34.7 Å². The fourth-order valence-corrected chi connectivity index (χ4v) is 4.52. The predicted octanol–water partition coefficient (Wildman–Crippen LogP) is 2.36. The van der Waals surface area contributed by atoms with Crippen LogP contribution in [0.4, 0.5) is 5.82 Å². The Kier molecular flexibility index (Phi) is 7.87. The Labute approximate surface area is 242 Å². The molecule has 6 radical (unpaired) electrons. The summed E-state index contributed by atoms with van der Waals surface area (Å²) in [6, 6.07) is 13.0. The number of anilines is 1. The van der Waals surface area contributed by atoms with Gasteiger partial charge in [-0.1, -0.05) is 0 Å².